The molecule has 1 rings (SSSR count). The molecule has 1 fully saturated rings. The Bertz CT molecular complexity index is 209. The molecule has 1 heterocycles. The van der Waals surface area contributed by atoms with E-state index >= 15 is 0 Å². The molecule has 0 aliphatic carbocycles. The normalized spacial score (nSPS) is 25.9. The molecule has 0 aromatic rings. The van der Waals surface area contributed by atoms with Gasteiger partial charge < -0.3 is 15.7 Å². The van der Waals surface area contributed by atoms with E-state index < -0.39 is 0 Å². The van der Waals surface area contributed by atoms with Crippen molar-refractivity contribution >= 4 is 5.91 Å². The van der Waals surface area contributed by atoms with Crippen molar-refractivity contribution < 1.29 is 9.90 Å². The number of nitrogens with two attached hydrogens (primary N) is 1. The second-order valence-corrected chi connectivity index (χ2v) is 4.38. The van der Waals surface area contributed by atoms with E-state index in [0.717, 1.165) is 19.3 Å². The van der Waals surface area contributed by atoms with E-state index in [-0.39, 0.29) is 18.1 Å². The number of unbranched alkanes of at least 4 members (excludes halogenated alkanes) is 2. The van der Waals surface area contributed by atoms with Gasteiger partial charge in [-0.05, 0) is 32.7 Å². The van der Waals surface area contributed by atoms with E-state index in [9.17, 15) is 9.90 Å². The highest BCUT2D eigenvalue weighted by atomic mass is 16.3. The van der Waals surface area contributed by atoms with Crippen LogP contribution >= 0.6 is 0 Å². The summed E-state index contributed by atoms with van der Waals surface area (Å²) in [6, 6.07) is 0.196. The first-order valence-corrected chi connectivity index (χ1v) is 5.82. The predicted octanol–water partition coefficient (Wildman–Crippen LogP) is 0.487. The van der Waals surface area contributed by atoms with Gasteiger partial charge in [-0.3, -0.25) is 4.79 Å². The van der Waals surface area contributed by atoms with Gasteiger partial charge in [0.25, 0.3) is 0 Å². The van der Waals surface area contributed by atoms with Crippen LogP contribution in [0.4, 0.5) is 0 Å². The van der Waals surface area contributed by atoms with Crippen molar-refractivity contribution in [1.29, 1.82) is 0 Å². The summed E-state index contributed by atoms with van der Waals surface area (Å²) in [5.74, 6) is 0.177. The molecule has 0 saturated carbocycles. The highest BCUT2D eigenvalue weighted by Crippen LogP contribution is 2.18. The third-order valence-electron chi connectivity index (χ3n) is 2.97. The van der Waals surface area contributed by atoms with Crippen molar-refractivity contribution in [2.24, 2.45) is 5.73 Å². The first-order valence-electron chi connectivity index (χ1n) is 5.82. The average Bonchev–Trinajstić information content (AvgIpc) is 2.52. The van der Waals surface area contributed by atoms with Crippen LogP contribution in [0.1, 0.15) is 39.0 Å². The molecule has 1 aliphatic rings. The minimum Gasteiger partial charge on any atom is -0.391 e. The highest BCUT2D eigenvalue weighted by molar-refractivity contribution is 5.76. The molecule has 1 amide bonds. The number of likely N-dealkylation sites (tertiary alicyclic amines) is 1. The lowest BCUT2D eigenvalue weighted by Crippen LogP contribution is -2.34. The summed E-state index contributed by atoms with van der Waals surface area (Å²) in [4.78, 5) is 13.5. The van der Waals surface area contributed by atoms with E-state index in [2.05, 4.69) is 0 Å². The van der Waals surface area contributed by atoms with Crippen molar-refractivity contribution in [3.63, 3.8) is 0 Å². The van der Waals surface area contributed by atoms with E-state index in [0.29, 0.717) is 25.9 Å². The zero-order valence-electron chi connectivity index (χ0n) is 9.48. The Morgan fingerprint density at radius 2 is 2.20 bits per heavy atom. The third-order valence-corrected chi connectivity index (χ3v) is 2.97. The third kappa shape index (κ3) is 3.80. The number of β-amino-alcohol motifs (C(OH)–C–C–N with tert-alkyl or cyclic N) is 1. The fraction of sp³-hybridized carbons (Fsp3) is 0.909. The van der Waals surface area contributed by atoms with Gasteiger partial charge in [0, 0.05) is 19.0 Å². The summed E-state index contributed by atoms with van der Waals surface area (Å²) in [5.41, 5.74) is 5.38. The van der Waals surface area contributed by atoms with Crippen LogP contribution in [0.2, 0.25) is 0 Å². The summed E-state index contributed by atoms with van der Waals surface area (Å²) < 4.78 is 0. The van der Waals surface area contributed by atoms with Crippen LogP contribution in [0.15, 0.2) is 0 Å². The fourth-order valence-electron chi connectivity index (χ4n) is 2.09. The van der Waals surface area contributed by atoms with Crippen LogP contribution in [-0.4, -0.2) is 41.1 Å². The predicted molar refractivity (Wildman–Crippen MR) is 59.3 cm³/mol. The number of aliphatic hydroxyl groups is 1. The van der Waals surface area contributed by atoms with Crippen LogP contribution < -0.4 is 5.73 Å². The Morgan fingerprint density at radius 3 is 2.73 bits per heavy atom. The number of carbonyl (C=O) groups excluding carboxylic acids is 1. The molecule has 0 unspecified atom stereocenters. The molecular formula is C11H22N2O2. The lowest BCUT2D eigenvalue weighted by molar-refractivity contribution is -0.132. The Hall–Kier alpha value is -0.610. The molecule has 4 nitrogen and oxygen atoms in total. The molecule has 15 heavy (non-hydrogen) atoms. The first kappa shape index (κ1) is 12.5. The van der Waals surface area contributed by atoms with E-state index in [4.69, 9.17) is 5.73 Å². The van der Waals surface area contributed by atoms with Crippen LogP contribution in [0.3, 0.4) is 0 Å². The smallest absolute Gasteiger partial charge is 0.222 e. The number of carbonyl (C=O) groups is 1. The molecular weight excluding hydrogens is 192 g/mol. The quantitative estimate of drug-likeness (QED) is 0.654. The molecule has 2 atom stereocenters. The number of amides is 1. The van der Waals surface area contributed by atoms with Crippen molar-refractivity contribution in [1.82, 2.24) is 4.90 Å². The van der Waals surface area contributed by atoms with Gasteiger partial charge in [-0.2, -0.15) is 0 Å². The van der Waals surface area contributed by atoms with Gasteiger partial charge >= 0.3 is 0 Å². The number of hydrogen-bond acceptors (Lipinski definition) is 3. The van der Waals surface area contributed by atoms with Gasteiger partial charge in [0.15, 0.2) is 0 Å². The summed E-state index contributed by atoms with van der Waals surface area (Å²) in [6.07, 6.45) is 3.91. The molecule has 1 saturated heterocycles. The fourth-order valence-corrected chi connectivity index (χ4v) is 2.09. The SMILES string of the molecule is C[C@@H]1C[C@@H](O)CN1C(=O)CCCCCN. The van der Waals surface area contributed by atoms with Crippen molar-refractivity contribution in [2.75, 3.05) is 13.1 Å². The molecule has 0 aromatic heterocycles. The molecule has 0 radical (unpaired) electrons. The molecule has 4 heteroatoms. The van der Waals surface area contributed by atoms with Crippen LogP contribution in [0, 0.1) is 0 Å². The number of nitrogens with zero attached hydrogens (tertiary/aromatic N) is 1. The maximum Gasteiger partial charge on any atom is 0.222 e. The Balaban J connectivity index is 2.22. The Morgan fingerprint density at radius 1 is 1.47 bits per heavy atom. The molecule has 0 aromatic carbocycles. The lowest BCUT2D eigenvalue weighted by Gasteiger charge is -2.20. The Labute approximate surface area is 91.4 Å². The molecule has 0 spiro atoms. The summed E-state index contributed by atoms with van der Waals surface area (Å²) >= 11 is 0. The zero-order chi connectivity index (χ0) is 11.3. The van der Waals surface area contributed by atoms with Gasteiger partial charge in [0.05, 0.1) is 6.10 Å². The molecule has 3 N–H and O–H groups in total. The maximum absolute atomic E-state index is 11.7. The average molecular weight is 214 g/mol. The largest absolute Gasteiger partial charge is 0.391 e. The molecule has 1 aliphatic heterocycles. The van der Waals surface area contributed by atoms with Crippen molar-refractivity contribution in [3.05, 3.63) is 0 Å². The van der Waals surface area contributed by atoms with Crippen molar-refractivity contribution in [2.45, 2.75) is 51.2 Å². The van der Waals surface area contributed by atoms with Crippen LogP contribution in [-0.2, 0) is 4.79 Å². The zero-order valence-corrected chi connectivity index (χ0v) is 9.48. The van der Waals surface area contributed by atoms with E-state index in [1.807, 2.05) is 6.92 Å². The summed E-state index contributed by atoms with van der Waals surface area (Å²) in [5, 5.41) is 9.42. The van der Waals surface area contributed by atoms with Gasteiger partial charge in [0.2, 0.25) is 5.91 Å². The number of rotatable bonds is 5. The van der Waals surface area contributed by atoms with Crippen LogP contribution in [0.5, 0.6) is 0 Å². The molecule has 88 valence electrons. The van der Waals surface area contributed by atoms with E-state index in [1.54, 1.807) is 4.90 Å². The lowest BCUT2D eigenvalue weighted by atomic mass is 10.1. The van der Waals surface area contributed by atoms with Crippen molar-refractivity contribution in [3.8, 4) is 0 Å². The highest BCUT2D eigenvalue weighted by Gasteiger charge is 2.30. The summed E-state index contributed by atoms with van der Waals surface area (Å²) in [6.45, 7) is 3.21. The second-order valence-electron chi connectivity index (χ2n) is 4.38. The van der Waals surface area contributed by atoms with Gasteiger partial charge in [-0.25, -0.2) is 0 Å². The van der Waals surface area contributed by atoms with Gasteiger partial charge in [-0.1, -0.05) is 6.42 Å². The van der Waals surface area contributed by atoms with Gasteiger partial charge in [0.1, 0.15) is 0 Å². The van der Waals surface area contributed by atoms with Crippen LogP contribution in [0.25, 0.3) is 0 Å². The topological polar surface area (TPSA) is 66.6 Å². The number of aliphatic hydroxyl groups excluding tert-OH is 1. The molecule has 0 bridgehead atoms. The standard InChI is InChI=1S/C11H22N2O2/c1-9-7-10(14)8-13(9)11(15)5-3-2-4-6-12/h9-10,14H,2-8,12H2,1H3/t9-,10-/m1/s1. The second kappa shape index (κ2) is 6.08. The first-order chi connectivity index (χ1) is 7.15. The minimum atomic E-state index is -0.326. The monoisotopic (exact) mass is 214 g/mol. The maximum atomic E-state index is 11.7. The summed E-state index contributed by atoms with van der Waals surface area (Å²) in [7, 11) is 0. The Kier molecular flexibility index (Phi) is 5.05. The minimum absolute atomic E-state index is 0.177. The number of hydrogen-bond donors (Lipinski definition) is 2. The van der Waals surface area contributed by atoms with Gasteiger partial charge in [-0.15, -0.1) is 0 Å². The van der Waals surface area contributed by atoms with E-state index in [1.165, 1.54) is 0 Å².